The van der Waals surface area contributed by atoms with Gasteiger partial charge in [0.1, 0.15) is 13.2 Å². The molecule has 0 aliphatic carbocycles. The molecule has 0 radical (unpaired) electrons. The molecule has 2 unspecified atom stereocenters. The van der Waals surface area contributed by atoms with Gasteiger partial charge in [0, 0.05) is 12.8 Å². The maximum absolute atomic E-state index is 12.9. The number of quaternary nitrogens is 1. The Hall–Kier alpha value is -1.71. The number of carboxylic acids is 1. The maximum Gasteiger partial charge on any atom is 0.361 e. The summed E-state index contributed by atoms with van der Waals surface area (Å²) in [5, 5.41) is 9.71. The van der Waals surface area contributed by atoms with E-state index in [1.807, 2.05) is 21.1 Å². The normalized spacial score (nSPS) is 12.6. The van der Waals surface area contributed by atoms with Crippen LogP contribution in [0.5, 0.6) is 0 Å². The van der Waals surface area contributed by atoms with Crippen LogP contribution in [0, 0.1) is 0 Å². The van der Waals surface area contributed by atoms with Crippen LogP contribution in [0.25, 0.3) is 0 Å². The van der Waals surface area contributed by atoms with Crippen molar-refractivity contribution in [3.05, 3.63) is 0 Å². The molecular formula is C63H124NO8+. The number of likely N-dealkylation sites (N-methyl/N-ethyl adjacent to an activating group) is 1. The Morgan fingerprint density at radius 2 is 0.625 bits per heavy atom. The van der Waals surface area contributed by atoms with Gasteiger partial charge in [-0.15, -0.1) is 0 Å². The second kappa shape index (κ2) is 55.5. The molecule has 0 aliphatic heterocycles. The molecule has 0 rings (SSSR count). The van der Waals surface area contributed by atoms with E-state index < -0.39 is 18.4 Å². The summed E-state index contributed by atoms with van der Waals surface area (Å²) in [4.78, 5) is 37.5. The summed E-state index contributed by atoms with van der Waals surface area (Å²) in [6, 6.07) is 0. The quantitative estimate of drug-likeness (QED) is 0.0278. The number of unbranched alkanes of at least 4 members (excludes halogenated alkanes) is 45. The van der Waals surface area contributed by atoms with Gasteiger partial charge in [0.05, 0.1) is 34.4 Å². The van der Waals surface area contributed by atoms with Gasteiger partial charge >= 0.3 is 17.9 Å². The van der Waals surface area contributed by atoms with Gasteiger partial charge in [0.25, 0.3) is 6.29 Å². The Balaban J connectivity index is 4.10. The van der Waals surface area contributed by atoms with E-state index in [9.17, 15) is 19.5 Å². The highest BCUT2D eigenvalue weighted by molar-refractivity contribution is 5.71. The molecule has 0 bridgehead atoms. The van der Waals surface area contributed by atoms with Crippen molar-refractivity contribution in [3.63, 3.8) is 0 Å². The van der Waals surface area contributed by atoms with E-state index in [1.165, 1.54) is 263 Å². The first-order chi connectivity index (χ1) is 35.1. The Labute approximate surface area is 447 Å². The minimum Gasteiger partial charge on any atom is -0.477 e. The molecule has 9 heteroatoms. The number of carbonyl (C=O) groups is 3. The highest BCUT2D eigenvalue weighted by Gasteiger charge is 2.25. The maximum atomic E-state index is 12.9. The molecule has 0 saturated heterocycles. The molecule has 0 amide bonds. The van der Waals surface area contributed by atoms with Crippen molar-refractivity contribution < 1.29 is 42.9 Å². The molecule has 428 valence electrons. The number of carbonyl (C=O) groups excluding carboxylic acids is 2. The molecule has 72 heavy (non-hydrogen) atoms. The van der Waals surface area contributed by atoms with Crippen molar-refractivity contribution in [2.75, 3.05) is 47.5 Å². The lowest BCUT2D eigenvalue weighted by molar-refractivity contribution is -0.870. The summed E-state index contributed by atoms with van der Waals surface area (Å²) in [5.41, 5.74) is 0. The molecule has 0 spiro atoms. The number of carboxylic acid groups (broad SMARTS) is 1. The number of nitrogens with zero attached hydrogens (tertiary/aromatic N) is 1. The van der Waals surface area contributed by atoms with Gasteiger partial charge in [-0.25, -0.2) is 4.79 Å². The predicted octanol–water partition coefficient (Wildman–Crippen LogP) is 18.7. The van der Waals surface area contributed by atoms with Crippen molar-refractivity contribution >= 4 is 17.9 Å². The second-order valence-electron chi connectivity index (χ2n) is 23.1. The number of aliphatic carboxylic acids is 1. The van der Waals surface area contributed by atoms with Crippen LogP contribution in [-0.4, -0.2) is 87.4 Å². The SMILES string of the molecule is CCCCCCCCCCCCCCCCCCCCCCCCCCCCCCC(=O)OC(COC(=O)CCCCCCCCCCCCCCCCCCCCC)COC(OCC[N+](C)(C)C)C(=O)O. The highest BCUT2D eigenvalue weighted by Crippen LogP contribution is 2.19. The number of ether oxygens (including phenoxy) is 4. The molecule has 0 fully saturated rings. The molecule has 0 aromatic heterocycles. The summed E-state index contributed by atoms with van der Waals surface area (Å²) < 4.78 is 22.9. The zero-order chi connectivity index (χ0) is 52.7. The van der Waals surface area contributed by atoms with E-state index >= 15 is 0 Å². The van der Waals surface area contributed by atoms with Crippen LogP contribution in [-0.2, 0) is 33.3 Å². The van der Waals surface area contributed by atoms with E-state index in [0.717, 1.165) is 38.5 Å². The smallest absolute Gasteiger partial charge is 0.361 e. The van der Waals surface area contributed by atoms with Gasteiger partial charge in [-0.05, 0) is 12.8 Å². The fraction of sp³-hybridized carbons (Fsp3) is 0.952. The molecule has 0 heterocycles. The van der Waals surface area contributed by atoms with Gasteiger partial charge < -0.3 is 28.5 Å². The van der Waals surface area contributed by atoms with Crippen molar-refractivity contribution in [2.24, 2.45) is 0 Å². The van der Waals surface area contributed by atoms with Crippen LogP contribution in [0.1, 0.15) is 328 Å². The molecule has 9 nitrogen and oxygen atoms in total. The minimum absolute atomic E-state index is 0.172. The van der Waals surface area contributed by atoms with Crippen LogP contribution in [0.2, 0.25) is 0 Å². The molecular weight excluding hydrogens is 899 g/mol. The first-order valence-electron chi connectivity index (χ1n) is 31.7. The number of hydrogen-bond donors (Lipinski definition) is 1. The van der Waals surface area contributed by atoms with Gasteiger partial charge in [0.15, 0.2) is 6.10 Å². The Morgan fingerprint density at radius 1 is 0.361 bits per heavy atom. The Morgan fingerprint density at radius 3 is 0.889 bits per heavy atom. The standard InChI is InChI=1S/C63H123NO8/c1-6-8-10-12-14-16-18-20-22-24-26-27-28-29-30-31-32-33-34-36-38-40-42-44-46-48-50-52-54-61(66)72-59(58-71-63(62(67)68)69-56-55-64(3,4)5)57-70-60(65)53-51-49-47-45-43-41-39-37-35-25-23-21-19-17-15-13-11-9-7-2/h59,63H,6-58H2,1-5H3/p+1. The fourth-order valence-corrected chi connectivity index (χ4v) is 9.72. The first kappa shape index (κ1) is 70.3. The lowest BCUT2D eigenvalue weighted by Crippen LogP contribution is -2.40. The Kier molecular flexibility index (Phi) is 54.2. The average Bonchev–Trinajstić information content (AvgIpc) is 3.35. The third-order valence-electron chi connectivity index (χ3n) is 14.6. The molecule has 0 aromatic rings. The van der Waals surface area contributed by atoms with E-state index in [1.54, 1.807) is 0 Å². The molecule has 2 atom stereocenters. The molecule has 0 aliphatic rings. The van der Waals surface area contributed by atoms with Crippen molar-refractivity contribution in [2.45, 2.75) is 341 Å². The second-order valence-corrected chi connectivity index (χ2v) is 23.1. The fourth-order valence-electron chi connectivity index (χ4n) is 9.72. The van der Waals surface area contributed by atoms with Crippen LogP contribution >= 0.6 is 0 Å². The van der Waals surface area contributed by atoms with Crippen molar-refractivity contribution in [3.8, 4) is 0 Å². The van der Waals surface area contributed by atoms with E-state index in [0.29, 0.717) is 17.4 Å². The largest absolute Gasteiger partial charge is 0.477 e. The summed E-state index contributed by atoms with van der Waals surface area (Å²) in [6.07, 6.45) is 60.5. The highest BCUT2D eigenvalue weighted by atomic mass is 16.7. The summed E-state index contributed by atoms with van der Waals surface area (Å²) in [5.74, 6) is -1.97. The zero-order valence-corrected chi connectivity index (χ0v) is 48.9. The molecule has 0 aromatic carbocycles. The monoisotopic (exact) mass is 1020 g/mol. The van der Waals surface area contributed by atoms with Crippen LogP contribution in [0.4, 0.5) is 0 Å². The topological polar surface area (TPSA) is 108 Å². The van der Waals surface area contributed by atoms with Crippen molar-refractivity contribution in [1.82, 2.24) is 0 Å². The third-order valence-corrected chi connectivity index (χ3v) is 14.6. The number of hydrogen-bond acceptors (Lipinski definition) is 7. The van der Waals surface area contributed by atoms with Crippen LogP contribution < -0.4 is 0 Å². The van der Waals surface area contributed by atoms with Gasteiger partial charge in [-0.2, -0.15) is 0 Å². The van der Waals surface area contributed by atoms with E-state index in [4.69, 9.17) is 18.9 Å². The van der Waals surface area contributed by atoms with Gasteiger partial charge in [0.2, 0.25) is 0 Å². The zero-order valence-electron chi connectivity index (χ0n) is 48.9. The first-order valence-corrected chi connectivity index (χ1v) is 31.7. The van der Waals surface area contributed by atoms with Crippen LogP contribution in [0.3, 0.4) is 0 Å². The van der Waals surface area contributed by atoms with Crippen LogP contribution in [0.15, 0.2) is 0 Å². The van der Waals surface area contributed by atoms with E-state index in [2.05, 4.69) is 13.8 Å². The van der Waals surface area contributed by atoms with Gasteiger partial charge in [-0.3, -0.25) is 9.59 Å². The average molecular weight is 1020 g/mol. The number of esters is 2. The minimum atomic E-state index is -1.50. The lowest BCUT2D eigenvalue weighted by atomic mass is 10.0. The number of rotatable bonds is 60. The summed E-state index contributed by atoms with van der Waals surface area (Å²) in [7, 11) is 5.99. The summed E-state index contributed by atoms with van der Waals surface area (Å²) in [6.45, 7) is 4.96. The Bertz CT molecular complexity index is 1140. The third kappa shape index (κ3) is 56.0. The lowest BCUT2D eigenvalue weighted by Gasteiger charge is -2.25. The molecule has 1 N–H and O–H groups in total. The van der Waals surface area contributed by atoms with E-state index in [-0.39, 0.29) is 38.2 Å². The summed E-state index contributed by atoms with van der Waals surface area (Å²) >= 11 is 0. The molecule has 0 saturated carbocycles. The van der Waals surface area contributed by atoms with Gasteiger partial charge in [-0.1, -0.05) is 303 Å². The van der Waals surface area contributed by atoms with Crippen molar-refractivity contribution in [1.29, 1.82) is 0 Å². The predicted molar refractivity (Wildman–Crippen MR) is 305 cm³/mol.